The average molecular weight is 297 g/mol. The quantitative estimate of drug-likeness (QED) is 0.707. The van der Waals surface area contributed by atoms with E-state index in [1.165, 1.54) is 0 Å². The van der Waals surface area contributed by atoms with Crippen LogP contribution >= 0.6 is 0 Å². The van der Waals surface area contributed by atoms with Crippen molar-refractivity contribution in [1.29, 1.82) is 0 Å². The zero-order chi connectivity index (χ0) is 15.9. The van der Waals surface area contributed by atoms with Gasteiger partial charge in [0, 0.05) is 11.3 Å². The summed E-state index contributed by atoms with van der Waals surface area (Å²) in [5.41, 5.74) is 8.17. The predicted molar refractivity (Wildman–Crippen MR) is 84.4 cm³/mol. The van der Waals surface area contributed by atoms with Crippen LogP contribution in [0, 0.1) is 6.92 Å². The number of nitrogen functional groups attached to an aromatic ring is 1. The van der Waals surface area contributed by atoms with Gasteiger partial charge >= 0.3 is 5.69 Å². The summed E-state index contributed by atoms with van der Waals surface area (Å²) in [6, 6.07) is 9.98. The van der Waals surface area contributed by atoms with Crippen LogP contribution in [0.1, 0.15) is 15.9 Å². The second kappa shape index (κ2) is 5.07. The lowest BCUT2D eigenvalue weighted by Gasteiger charge is -2.05. The molecule has 0 aliphatic heterocycles. The monoisotopic (exact) mass is 297 g/mol. The van der Waals surface area contributed by atoms with Crippen LogP contribution in [0.2, 0.25) is 0 Å². The number of aromatic amines is 1. The maximum Gasteiger partial charge on any atom is 0.333 e. The van der Waals surface area contributed by atoms with Crippen LogP contribution in [0.3, 0.4) is 0 Å². The number of carbonyl (C=O) groups excluding carboxylic acids is 1. The van der Waals surface area contributed by atoms with Crippen LogP contribution in [0.15, 0.2) is 41.2 Å². The highest BCUT2D eigenvalue weighted by molar-refractivity contribution is 6.01. The van der Waals surface area contributed by atoms with Crippen molar-refractivity contribution in [3.63, 3.8) is 0 Å². The Morgan fingerprint density at radius 3 is 2.55 bits per heavy atom. The Kier molecular flexibility index (Phi) is 3.21. The number of anilines is 1. The fourth-order valence-electron chi connectivity index (χ4n) is 2.34. The predicted octanol–water partition coefficient (Wildman–Crippen LogP) is 1.92. The number of nitrogens with zero attached hydrogens (tertiary/aromatic N) is 1. The summed E-state index contributed by atoms with van der Waals surface area (Å²) in [5, 5.41) is 0. The van der Waals surface area contributed by atoms with Crippen molar-refractivity contribution >= 4 is 22.6 Å². The second-order valence-corrected chi connectivity index (χ2v) is 5.03. The number of rotatable bonds is 2. The van der Waals surface area contributed by atoms with Crippen molar-refractivity contribution in [2.45, 2.75) is 6.92 Å². The zero-order valence-electron chi connectivity index (χ0n) is 12.2. The number of aromatic nitrogens is 2. The Hall–Kier alpha value is -3.02. The maximum atomic E-state index is 12.6. The van der Waals surface area contributed by atoms with Gasteiger partial charge in [0.2, 0.25) is 0 Å². The van der Waals surface area contributed by atoms with E-state index < -0.39 is 11.6 Å². The van der Waals surface area contributed by atoms with Gasteiger partial charge in [0.1, 0.15) is 5.75 Å². The first-order valence-electron chi connectivity index (χ1n) is 6.71. The summed E-state index contributed by atoms with van der Waals surface area (Å²) >= 11 is 0. The largest absolute Gasteiger partial charge is 0.497 e. The molecule has 6 heteroatoms. The molecule has 0 amide bonds. The molecule has 0 atom stereocenters. The second-order valence-electron chi connectivity index (χ2n) is 5.03. The molecule has 0 bridgehead atoms. The lowest BCUT2D eigenvalue weighted by atomic mass is 10.1. The third-order valence-electron chi connectivity index (χ3n) is 3.61. The number of carbonyl (C=O) groups is 1. The third kappa shape index (κ3) is 2.14. The van der Waals surface area contributed by atoms with Gasteiger partial charge < -0.3 is 15.5 Å². The summed E-state index contributed by atoms with van der Waals surface area (Å²) in [5.74, 6) is 0.245. The van der Waals surface area contributed by atoms with E-state index in [0.29, 0.717) is 28.0 Å². The van der Waals surface area contributed by atoms with Gasteiger partial charge in [0.25, 0.3) is 5.91 Å². The van der Waals surface area contributed by atoms with Crippen LogP contribution in [-0.2, 0) is 0 Å². The molecule has 1 aromatic heterocycles. The SMILES string of the molecule is COc1ccc(C(=O)n2c(=O)[nH]c3cc(N)c(C)cc32)cc1. The Balaban J connectivity index is 2.16. The highest BCUT2D eigenvalue weighted by Crippen LogP contribution is 2.20. The fraction of sp³-hybridized carbons (Fsp3) is 0.125. The Labute approximate surface area is 126 Å². The van der Waals surface area contributed by atoms with Crippen LogP contribution in [0.5, 0.6) is 5.75 Å². The van der Waals surface area contributed by atoms with E-state index in [9.17, 15) is 9.59 Å². The number of hydrogen-bond acceptors (Lipinski definition) is 4. The van der Waals surface area contributed by atoms with Gasteiger partial charge in [-0.1, -0.05) is 0 Å². The minimum Gasteiger partial charge on any atom is -0.497 e. The van der Waals surface area contributed by atoms with E-state index in [4.69, 9.17) is 10.5 Å². The van der Waals surface area contributed by atoms with Gasteiger partial charge in [-0.25, -0.2) is 9.36 Å². The fourth-order valence-corrected chi connectivity index (χ4v) is 2.34. The molecule has 1 heterocycles. The van der Waals surface area contributed by atoms with Crippen molar-refractivity contribution in [3.05, 3.63) is 58.0 Å². The molecule has 0 aliphatic rings. The average Bonchev–Trinajstić information content (AvgIpc) is 2.82. The molecular weight excluding hydrogens is 282 g/mol. The molecule has 3 rings (SSSR count). The van der Waals surface area contributed by atoms with Crippen LogP contribution < -0.4 is 16.2 Å². The Morgan fingerprint density at radius 1 is 1.23 bits per heavy atom. The van der Waals surface area contributed by atoms with Gasteiger partial charge in [-0.2, -0.15) is 0 Å². The van der Waals surface area contributed by atoms with E-state index >= 15 is 0 Å². The van der Waals surface area contributed by atoms with Crippen LogP contribution in [0.4, 0.5) is 5.69 Å². The van der Waals surface area contributed by atoms with Crippen LogP contribution in [0.25, 0.3) is 11.0 Å². The molecule has 0 saturated carbocycles. The summed E-state index contributed by atoms with van der Waals surface area (Å²) in [4.78, 5) is 27.4. The molecule has 0 spiro atoms. The molecule has 6 nitrogen and oxygen atoms in total. The first-order valence-corrected chi connectivity index (χ1v) is 6.71. The lowest BCUT2D eigenvalue weighted by Crippen LogP contribution is -2.24. The van der Waals surface area contributed by atoms with Gasteiger partial charge in [0.05, 0.1) is 18.1 Å². The molecular formula is C16H15N3O3. The molecule has 3 N–H and O–H groups in total. The summed E-state index contributed by atoms with van der Waals surface area (Å²) < 4.78 is 6.18. The normalized spacial score (nSPS) is 10.8. The summed E-state index contributed by atoms with van der Waals surface area (Å²) in [6.45, 7) is 1.83. The van der Waals surface area contributed by atoms with Crippen molar-refractivity contribution in [2.75, 3.05) is 12.8 Å². The molecule has 0 fully saturated rings. The number of benzene rings is 2. The maximum absolute atomic E-state index is 12.6. The van der Waals surface area contributed by atoms with Gasteiger partial charge in [-0.3, -0.25) is 4.79 Å². The van der Waals surface area contributed by atoms with Gasteiger partial charge in [-0.05, 0) is 48.9 Å². The Morgan fingerprint density at radius 2 is 1.91 bits per heavy atom. The first kappa shape index (κ1) is 13.9. The molecule has 0 aliphatic carbocycles. The number of nitrogens with one attached hydrogen (secondary N) is 1. The van der Waals surface area contributed by atoms with Crippen LogP contribution in [-0.4, -0.2) is 22.6 Å². The highest BCUT2D eigenvalue weighted by Gasteiger charge is 2.16. The van der Waals surface area contributed by atoms with E-state index in [2.05, 4.69) is 4.98 Å². The van der Waals surface area contributed by atoms with Crippen molar-refractivity contribution in [1.82, 2.24) is 9.55 Å². The molecule has 0 radical (unpaired) electrons. The standard InChI is InChI=1S/C16H15N3O3/c1-9-7-14-13(8-12(9)17)18-16(21)19(14)15(20)10-3-5-11(22-2)6-4-10/h3-8H,17H2,1-2H3,(H,18,21). The molecule has 0 saturated heterocycles. The highest BCUT2D eigenvalue weighted by atomic mass is 16.5. The number of hydrogen-bond donors (Lipinski definition) is 2. The topological polar surface area (TPSA) is 90.1 Å². The summed E-state index contributed by atoms with van der Waals surface area (Å²) in [7, 11) is 1.55. The number of nitrogens with two attached hydrogens (primary N) is 1. The van der Waals surface area contributed by atoms with E-state index in [1.54, 1.807) is 43.5 Å². The Bertz CT molecular complexity index is 920. The minimum absolute atomic E-state index is 0.400. The number of H-pyrrole nitrogens is 1. The summed E-state index contributed by atoms with van der Waals surface area (Å²) in [6.07, 6.45) is 0. The van der Waals surface area contributed by atoms with E-state index in [1.807, 2.05) is 6.92 Å². The number of methoxy groups -OCH3 is 1. The number of fused-ring (bicyclic) bond motifs is 1. The molecule has 0 unspecified atom stereocenters. The first-order chi connectivity index (χ1) is 10.5. The smallest absolute Gasteiger partial charge is 0.333 e. The molecule has 3 aromatic rings. The minimum atomic E-state index is -0.485. The van der Waals surface area contributed by atoms with Crippen molar-refractivity contribution in [2.24, 2.45) is 0 Å². The number of aryl methyl sites for hydroxylation is 1. The third-order valence-corrected chi connectivity index (χ3v) is 3.61. The van der Waals surface area contributed by atoms with Crippen molar-refractivity contribution < 1.29 is 9.53 Å². The molecule has 112 valence electrons. The van der Waals surface area contributed by atoms with Crippen molar-refractivity contribution in [3.8, 4) is 5.75 Å². The number of imidazole rings is 1. The molecule has 2 aromatic carbocycles. The zero-order valence-corrected chi connectivity index (χ0v) is 12.2. The van der Waals surface area contributed by atoms with Gasteiger partial charge in [-0.15, -0.1) is 0 Å². The lowest BCUT2D eigenvalue weighted by molar-refractivity contribution is 0.0961. The van der Waals surface area contributed by atoms with E-state index in [0.717, 1.165) is 10.1 Å². The van der Waals surface area contributed by atoms with E-state index in [-0.39, 0.29) is 0 Å². The molecule has 22 heavy (non-hydrogen) atoms. The number of ether oxygens (including phenoxy) is 1. The van der Waals surface area contributed by atoms with Gasteiger partial charge in [0.15, 0.2) is 0 Å².